The fraction of sp³-hybridized carbons (Fsp3) is 0.516. The van der Waals surface area contributed by atoms with Gasteiger partial charge in [0, 0.05) is 44.8 Å². The van der Waals surface area contributed by atoms with Gasteiger partial charge in [0.25, 0.3) is 0 Å². The molecule has 0 radical (unpaired) electrons. The lowest BCUT2D eigenvalue weighted by Gasteiger charge is -2.37. The van der Waals surface area contributed by atoms with E-state index < -0.39 is 17.8 Å². The number of benzene rings is 2. The first-order valence-electron chi connectivity index (χ1n) is 14.0. The van der Waals surface area contributed by atoms with Crippen molar-refractivity contribution in [1.29, 1.82) is 5.41 Å². The Balaban J connectivity index is 1.51. The summed E-state index contributed by atoms with van der Waals surface area (Å²) in [4.78, 5) is 31.1. The van der Waals surface area contributed by atoms with Gasteiger partial charge in [-0.25, -0.2) is 4.39 Å². The summed E-state index contributed by atoms with van der Waals surface area (Å²) in [5.74, 6) is -1.44. The fourth-order valence-corrected chi connectivity index (χ4v) is 5.68. The summed E-state index contributed by atoms with van der Waals surface area (Å²) >= 11 is 0. The molecule has 2 aromatic carbocycles. The molecule has 9 nitrogen and oxygen atoms in total. The number of carbonyl (C=O) groups is 2. The lowest BCUT2D eigenvalue weighted by Crippen LogP contribution is -2.52. The van der Waals surface area contributed by atoms with E-state index in [9.17, 15) is 14.7 Å². The van der Waals surface area contributed by atoms with E-state index in [0.29, 0.717) is 37.2 Å². The molecule has 0 bridgehead atoms. The predicted octanol–water partition coefficient (Wildman–Crippen LogP) is 4.15. The topological polar surface area (TPSA) is 106 Å². The number of hydrogen-bond acceptors (Lipinski definition) is 7. The Morgan fingerprint density at radius 2 is 1.76 bits per heavy atom. The first-order valence-corrected chi connectivity index (χ1v) is 14.0. The Hall–Kier alpha value is -3.50. The smallest absolute Gasteiger partial charge is 0.320 e. The molecule has 0 saturated carbocycles. The Morgan fingerprint density at radius 1 is 1.07 bits per heavy atom. The Bertz CT molecular complexity index is 1330. The van der Waals surface area contributed by atoms with Crippen LogP contribution in [0.15, 0.2) is 24.3 Å². The highest BCUT2D eigenvalue weighted by molar-refractivity contribution is 6.06. The normalized spacial score (nSPS) is 17.0. The minimum absolute atomic E-state index is 0.0522. The summed E-state index contributed by atoms with van der Waals surface area (Å²) < 4.78 is 25.6. The van der Waals surface area contributed by atoms with E-state index in [2.05, 4.69) is 31.7 Å². The minimum Gasteiger partial charge on any atom is -0.493 e. The van der Waals surface area contributed by atoms with Gasteiger partial charge in [-0.2, -0.15) is 0 Å². The van der Waals surface area contributed by atoms with E-state index in [4.69, 9.17) is 14.9 Å². The van der Waals surface area contributed by atoms with Gasteiger partial charge in [-0.15, -0.1) is 0 Å². The Labute approximate surface area is 241 Å². The van der Waals surface area contributed by atoms with Crippen LogP contribution in [-0.2, 0) is 23.3 Å². The van der Waals surface area contributed by atoms with E-state index in [0.717, 1.165) is 24.2 Å². The minimum atomic E-state index is -0.780. The van der Waals surface area contributed by atoms with Crippen LogP contribution in [0.2, 0.25) is 0 Å². The van der Waals surface area contributed by atoms with E-state index in [1.807, 2.05) is 24.0 Å². The molecule has 1 fully saturated rings. The van der Waals surface area contributed by atoms with E-state index in [1.54, 1.807) is 11.0 Å². The van der Waals surface area contributed by atoms with Crippen molar-refractivity contribution in [1.82, 2.24) is 14.7 Å². The van der Waals surface area contributed by atoms with Gasteiger partial charge in [-0.1, -0.05) is 33.8 Å². The van der Waals surface area contributed by atoms with Gasteiger partial charge < -0.3 is 19.5 Å². The van der Waals surface area contributed by atoms with Crippen molar-refractivity contribution in [3.63, 3.8) is 0 Å². The summed E-state index contributed by atoms with van der Waals surface area (Å²) in [6, 6.07) is 7.17. The average Bonchev–Trinajstić information content (AvgIpc) is 3.23. The third-order valence-corrected chi connectivity index (χ3v) is 8.05. The molecule has 2 N–H and O–H groups in total. The fourth-order valence-electron chi connectivity index (χ4n) is 5.68. The first-order chi connectivity index (χ1) is 19.4. The van der Waals surface area contributed by atoms with Gasteiger partial charge in [0.2, 0.25) is 0 Å². The second-order valence-electron chi connectivity index (χ2n) is 11.8. The number of nitrogens with one attached hydrogen (secondary N) is 1. The van der Waals surface area contributed by atoms with Crippen LogP contribution < -0.4 is 9.47 Å². The third kappa shape index (κ3) is 6.38. The summed E-state index contributed by atoms with van der Waals surface area (Å²) in [5, 5.41) is 18.1. The zero-order valence-corrected chi connectivity index (χ0v) is 24.8. The van der Waals surface area contributed by atoms with Crippen molar-refractivity contribution in [2.24, 2.45) is 0 Å². The average molecular weight is 569 g/mol. The van der Waals surface area contributed by atoms with Crippen LogP contribution in [0.4, 0.5) is 4.39 Å². The van der Waals surface area contributed by atoms with Crippen molar-refractivity contribution < 1.29 is 28.6 Å². The molecular formula is C31H41FN4O5. The number of aliphatic carboxylic acids is 1. The number of ether oxygens (including phenoxy) is 2. The third-order valence-electron chi connectivity index (χ3n) is 8.05. The molecule has 0 aliphatic carbocycles. The maximum Gasteiger partial charge on any atom is 0.320 e. The molecule has 2 aromatic rings. The lowest BCUT2D eigenvalue weighted by molar-refractivity contribution is -0.144. The number of carboxylic acid groups (broad SMARTS) is 1. The number of ketones is 1. The van der Waals surface area contributed by atoms with Gasteiger partial charge in [0.15, 0.2) is 23.1 Å². The van der Waals surface area contributed by atoms with Crippen molar-refractivity contribution in [2.75, 3.05) is 46.9 Å². The van der Waals surface area contributed by atoms with Crippen LogP contribution in [0, 0.1) is 11.2 Å². The molecule has 0 amide bonds. The monoisotopic (exact) mass is 568 g/mol. The Kier molecular flexibility index (Phi) is 9.03. The maximum absolute atomic E-state index is 15.2. The molecule has 2 heterocycles. The molecule has 1 unspecified atom stereocenters. The molecule has 2 aliphatic rings. The highest BCUT2D eigenvalue weighted by Gasteiger charge is 2.33. The van der Waals surface area contributed by atoms with Crippen LogP contribution >= 0.6 is 0 Å². The van der Waals surface area contributed by atoms with Crippen molar-refractivity contribution in [3.05, 3.63) is 57.9 Å². The number of methoxy groups -OCH3 is 2. The van der Waals surface area contributed by atoms with Gasteiger partial charge in [0.1, 0.15) is 11.9 Å². The standard InChI is InChI=1S/C31H41FN4O5/c1-7-23(30(38)39)35-10-8-34(9-11-35)16-19-12-20(14-22(13-19)31(2,3)4)24(37)18-36-17-21-15-25(40-5)28(41-6)27(32)26(21)29(36)33/h12-15,23,33H,7-11,16-18H2,1-6H3,(H,38,39). The summed E-state index contributed by atoms with van der Waals surface area (Å²) in [6.45, 7) is 11.9. The number of rotatable bonds is 10. The van der Waals surface area contributed by atoms with Crippen LogP contribution in [0.5, 0.6) is 11.5 Å². The number of halogens is 1. The summed E-state index contributed by atoms with van der Waals surface area (Å²) in [6.07, 6.45) is 0.571. The molecule has 1 saturated heterocycles. The number of amidine groups is 1. The number of fused-ring (bicyclic) bond motifs is 1. The highest BCUT2D eigenvalue weighted by atomic mass is 19.1. The molecule has 10 heteroatoms. The summed E-state index contributed by atoms with van der Waals surface area (Å²) in [5.41, 5.74) is 3.13. The first kappa shape index (κ1) is 30.5. The number of nitrogens with zero attached hydrogens (tertiary/aromatic N) is 3. The quantitative estimate of drug-likeness (QED) is 0.412. The number of Topliss-reactive ketones (excluding diaryl/α,β-unsaturated/α-hetero) is 1. The van der Waals surface area contributed by atoms with Crippen LogP contribution in [0.3, 0.4) is 0 Å². The molecule has 41 heavy (non-hydrogen) atoms. The molecule has 4 rings (SSSR count). The largest absolute Gasteiger partial charge is 0.493 e. The van der Waals surface area contributed by atoms with Crippen molar-refractivity contribution >= 4 is 17.6 Å². The second-order valence-corrected chi connectivity index (χ2v) is 11.8. The lowest BCUT2D eigenvalue weighted by atomic mass is 9.84. The van der Waals surface area contributed by atoms with Crippen molar-refractivity contribution in [2.45, 2.75) is 58.7 Å². The number of carboxylic acids is 1. The maximum atomic E-state index is 15.2. The number of piperazine rings is 1. The predicted molar refractivity (Wildman–Crippen MR) is 155 cm³/mol. The van der Waals surface area contributed by atoms with Crippen LogP contribution in [0.1, 0.15) is 66.7 Å². The molecule has 222 valence electrons. The van der Waals surface area contributed by atoms with E-state index in [-0.39, 0.29) is 47.2 Å². The van der Waals surface area contributed by atoms with Gasteiger partial charge in [-0.05, 0) is 46.7 Å². The Morgan fingerprint density at radius 3 is 2.32 bits per heavy atom. The zero-order valence-electron chi connectivity index (χ0n) is 24.8. The molecule has 0 aromatic heterocycles. The van der Waals surface area contributed by atoms with E-state index in [1.165, 1.54) is 14.2 Å². The van der Waals surface area contributed by atoms with Gasteiger partial charge >= 0.3 is 5.97 Å². The van der Waals surface area contributed by atoms with Gasteiger partial charge in [0.05, 0.1) is 26.3 Å². The molecular weight excluding hydrogens is 527 g/mol. The molecule has 1 atom stereocenters. The van der Waals surface area contributed by atoms with Crippen LogP contribution in [0.25, 0.3) is 0 Å². The molecule has 2 aliphatic heterocycles. The van der Waals surface area contributed by atoms with Crippen molar-refractivity contribution in [3.8, 4) is 11.5 Å². The summed E-state index contributed by atoms with van der Waals surface area (Å²) in [7, 11) is 2.79. The highest BCUT2D eigenvalue weighted by Crippen LogP contribution is 2.38. The number of hydrogen-bond donors (Lipinski definition) is 2. The van der Waals surface area contributed by atoms with E-state index >= 15 is 4.39 Å². The SMILES string of the molecule is CCC(C(=O)O)N1CCN(Cc2cc(C(=O)CN3Cc4cc(OC)c(OC)c(F)c4C3=N)cc(C(C)(C)C)c2)CC1. The number of carbonyl (C=O) groups excluding carboxylic acids is 1. The van der Waals surface area contributed by atoms with Gasteiger partial charge in [-0.3, -0.25) is 24.8 Å². The van der Waals surface area contributed by atoms with Crippen LogP contribution in [-0.4, -0.2) is 90.4 Å². The molecule has 0 spiro atoms. The zero-order chi connectivity index (χ0) is 30.1. The second kappa shape index (κ2) is 12.2.